The molecular formula is C23H19ClFN3OS. The Morgan fingerprint density at radius 2 is 1.93 bits per heavy atom. The lowest BCUT2D eigenvalue weighted by Crippen LogP contribution is -2.28. The van der Waals surface area contributed by atoms with Gasteiger partial charge in [0.05, 0.1) is 10.6 Å². The SMILES string of the molecule is CCN1C(=O)/C(=C\c2cccn2-c2ccc(C)c(Cl)c2)SC1=Nc1ccc(F)cc1. The smallest absolute Gasteiger partial charge is 0.266 e. The number of aromatic nitrogens is 1. The van der Waals surface area contributed by atoms with Gasteiger partial charge in [0.25, 0.3) is 5.91 Å². The van der Waals surface area contributed by atoms with E-state index < -0.39 is 0 Å². The first-order valence-corrected chi connectivity index (χ1v) is 10.7. The van der Waals surface area contributed by atoms with Crippen LogP contribution in [0.4, 0.5) is 10.1 Å². The highest BCUT2D eigenvalue weighted by Gasteiger charge is 2.32. The predicted molar refractivity (Wildman–Crippen MR) is 122 cm³/mol. The molecule has 1 aliphatic rings. The number of amides is 1. The number of hydrogen-bond donors (Lipinski definition) is 0. The van der Waals surface area contributed by atoms with Gasteiger partial charge in [0.2, 0.25) is 0 Å². The number of hydrogen-bond acceptors (Lipinski definition) is 3. The summed E-state index contributed by atoms with van der Waals surface area (Å²) in [6.45, 7) is 4.36. The second kappa shape index (κ2) is 8.50. The fourth-order valence-electron chi connectivity index (χ4n) is 3.11. The number of aryl methyl sites for hydroxylation is 1. The van der Waals surface area contributed by atoms with Gasteiger partial charge in [-0.15, -0.1) is 0 Å². The molecule has 4 nitrogen and oxygen atoms in total. The van der Waals surface area contributed by atoms with Gasteiger partial charge in [-0.1, -0.05) is 17.7 Å². The summed E-state index contributed by atoms with van der Waals surface area (Å²) in [5.41, 5.74) is 3.40. The van der Waals surface area contributed by atoms with Gasteiger partial charge in [0.1, 0.15) is 5.82 Å². The van der Waals surface area contributed by atoms with E-state index in [1.807, 2.05) is 61.0 Å². The molecular weight excluding hydrogens is 421 g/mol. The molecule has 0 aliphatic carbocycles. The third kappa shape index (κ3) is 4.06. The molecule has 0 spiro atoms. The number of likely N-dealkylation sites (N-methyl/N-ethyl adjacent to an activating group) is 1. The molecule has 1 saturated heterocycles. The molecule has 1 amide bonds. The number of amidine groups is 1. The van der Waals surface area contributed by atoms with Gasteiger partial charge in [-0.25, -0.2) is 9.38 Å². The van der Waals surface area contributed by atoms with Crippen LogP contribution in [0, 0.1) is 12.7 Å². The standard InChI is InChI=1S/C23H19ClFN3OS/c1-3-27-22(29)21(30-23(27)26-17-9-7-16(25)8-10-17)14-18-5-4-12-28(18)19-11-6-15(2)20(24)13-19/h4-14H,3H2,1-2H3/b21-14+,26-23?. The normalized spacial score (nSPS) is 16.8. The monoisotopic (exact) mass is 439 g/mol. The van der Waals surface area contributed by atoms with Crippen LogP contribution in [0.3, 0.4) is 0 Å². The van der Waals surface area contributed by atoms with E-state index in [1.54, 1.807) is 17.0 Å². The van der Waals surface area contributed by atoms with Crippen molar-refractivity contribution in [1.82, 2.24) is 9.47 Å². The molecule has 4 rings (SSSR count). The van der Waals surface area contributed by atoms with Crippen molar-refractivity contribution in [1.29, 1.82) is 0 Å². The van der Waals surface area contributed by atoms with E-state index in [0.717, 1.165) is 16.9 Å². The van der Waals surface area contributed by atoms with Crippen LogP contribution in [0.2, 0.25) is 5.02 Å². The highest BCUT2D eigenvalue weighted by atomic mass is 35.5. The lowest BCUT2D eigenvalue weighted by Gasteiger charge is -2.12. The number of halogens is 2. The first kappa shape index (κ1) is 20.4. The van der Waals surface area contributed by atoms with E-state index in [4.69, 9.17) is 11.6 Å². The summed E-state index contributed by atoms with van der Waals surface area (Å²) >= 11 is 7.60. The van der Waals surface area contributed by atoms with Crippen molar-refractivity contribution in [3.05, 3.63) is 87.8 Å². The zero-order valence-corrected chi connectivity index (χ0v) is 18.0. The minimum atomic E-state index is -0.320. The second-order valence-electron chi connectivity index (χ2n) is 6.77. The maximum atomic E-state index is 13.2. The highest BCUT2D eigenvalue weighted by molar-refractivity contribution is 8.18. The number of nitrogens with zero attached hydrogens (tertiary/aromatic N) is 3. The number of carbonyl (C=O) groups excluding carboxylic acids is 1. The predicted octanol–water partition coefficient (Wildman–Crippen LogP) is 6.20. The molecule has 1 fully saturated rings. The third-order valence-electron chi connectivity index (χ3n) is 4.75. The number of benzene rings is 2. The highest BCUT2D eigenvalue weighted by Crippen LogP contribution is 2.34. The Kier molecular flexibility index (Phi) is 5.79. The summed E-state index contributed by atoms with van der Waals surface area (Å²) in [6, 6.07) is 15.6. The van der Waals surface area contributed by atoms with Gasteiger partial charge < -0.3 is 4.57 Å². The molecule has 0 N–H and O–H groups in total. The van der Waals surface area contributed by atoms with Crippen LogP contribution < -0.4 is 0 Å². The van der Waals surface area contributed by atoms with E-state index >= 15 is 0 Å². The Labute approximate surface area is 183 Å². The van der Waals surface area contributed by atoms with Crippen molar-refractivity contribution in [3.63, 3.8) is 0 Å². The Morgan fingerprint density at radius 3 is 2.63 bits per heavy atom. The van der Waals surface area contributed by atoms with Gasteiger partial charge in [0, 0.05) is 29.1 Å². The largest absolute Gasteiger partial charge is 0.317 e. The lowest BCUT2D eigenvalue weighted by atomic mass is 10.2. The summed E-state index contributed by atoms with van der Waals surface area (Å²) in [6.07, 6.45) is 3.79. The zero-order valence-electron chi connectivity index (χ0n) is 16.5. The fraction of sp³-hybridized carbons (Fsp3) is 0.130. The fourth-order valence-corrected chi connectivity index (χ4v) is 4.33. The van der Waals surface area contributed by atoms with Crippen molar-refractivity contribution in [2.24, 2.45) is 4.99 Å². The van der Waals surface area contributed by atoms with Crippen LogP contribution in [0.1, 0.15) is 18.2 Å². The number of aliphatic imine (C=N–C) groups is 1. The van der Waals surface area contributed by atoms with Crippen LogP contribution in [0.15, 0.2) is 70.7 Å². The van der Waals surface area contributed by atoms with E-state index in [-0.39, 0.29) is 11.7 Å². The van der Waals surface area contributed by atoms with Crippen LogP contribution in [0.25, 0.3) is 11.8 Å². The molecule has 0 bridgehead atoms. The average molecular weight is 440 g/mol. The van der Waals surface area contributed by atoms with E-state index in [0.29, 0.717) is 27.3 Å². The van der Waals surface area contributed by atoms with Gasteiger partial charge >= 0.3 is 0 Å². The number of carbonyl (C=O) groups is 1. The van der Waals surface area contributed by atoms with Crippen LogP contribution >= 0.6 is 23.4 Å². The van der Waals surface area contributed by atoms with Crippen LogP contribution in [0.5, 0.6) is 0 Å². The topological polar surface area (TPSA) is 37.6 Å². The maximum absolute atomic E-state index is 13.2. The van der Waals surface area contributed by atoms with Crippen LogP contribution in [-0.4, -0.2) is 27.1 Å². The molecule has 152 valence electrons. The molecule has 2 aromatic carbocycles. The minimum absolute atomic E-state index is 0.0990. The molecule has 0 saturated carbocycles. The van der Waals surface area contributed by atoms with E-state index in [9.17, 15) is 9.18 Å². The average Bonchev–Trinajstić information content (AvgIpc) is 3.30. The molecule has 0 unspecified atom stereocenters. The van der Waals surface area contributed by atoms with E-state index in [1.165, 1.54) is 23.9 Å². The molecule has 1 aromatic heterocycles. The summed E-state index contributed by atoms with van der Waals surface area (Å²) in [5, 5.41) is 1.27. The zero-order chi connectivity index (χ0) is 21.3. The van der Waals surface area contributed by atoms with Crippen molar-refractivity contribution in [3.8, 4) is 5.69 Å². The van der Waals surface area contributed by atoms with E-state index in [2.05, 4.69) is 4.99 Å². The van der Waals surface area contributed by atoms with Gasteiger partial charge in [-0.05, 0) is 85.8 Å². The lowest BCUT2D eigenvalue weighted by molar-refractivity contribution is -0.122. The molecule has 2 heterocycles. The first-order chi connectivity index (χ1) is 14.5. The summed E-state index contributed by atoms with van der Waals surface area (Å²) in [7, 11) is 0. The Morgan fingerprint density at radius 1 is 1.17 bits per heavy atom. The molecule has 30 heavy (non-hydrogen) atoms. The molecule has 0 radical (unpaired) electrons. The Hall–Kier alpha value is -2.83. The van der Waals surface area contributed by atoms with Crippen molar-refractivity contribution >= 4 is 46.2 Å². The van der Waals surface area contributed by atoms with Crippen LogP contribution in [-0.2, 0) is 4.79 Å². The van der Waals surface area contributed by atoms with Gasteiger partial charge in [0.15, 0.2) is 5.17 Å². The molecule has 1 aliphatic heterocycles. The number of thioether (sulfide) groups is 1. The summed E-state index contributed by atoms with van der Waals surface area (Å²) in [5.74, 6) is -0.419. The number of rotatable bonds is 4. The quantitative estimate of drug-likeness (QED) is 0.454. The molecule has 0 atom stereocenters. The maximum Gasteiger partial charge on any atom is 0.266 e. The van der Waals surface area contributed by atoms with Gasteiger partial charge in [-0.2, -0.15) is 0 Å². The molecule has 7 heteroatoms. The second-order valence-corrected chi connectivity index (χ2v) is 8.18. The third-order valence-corrected chi connectivity index (χ3v) is 6.16. The van der Waals surface area contributed by atoms with Crippen molar-refractivity contribution < 1.29 is 9.18 Å². The summed E-state index contributed by atoms with van der Waals surface area (Å²) in [4.78, 5) is 19.7. The first-order valence-electron chi connectivity index (χ1n) is 9.46. The van der Waals surface area contributed by atoms with Crippen molar-refractivity contribution in [2.75, 3.05) is 6.54 Å². The summed E-state index contributed by atoms with van der Waals surface area (Å²) < 4.78 is 15.1. The minimum Gasteiger partial charge on any atom is -0.317 e. The van der Waals surface area contributed by atoms with Gasteiger partial charge in [-0.3, -0.25) is 9.69 Å². The Balaban J connectivity index is 1.68. The molecule has 3 aromatic rings. The Bertz CT molecular complexity index is 1170. The van der Waals surface area contributed by atoms with Crippen molar-refractivity contribution in [2.45, 2.75) is 13.8 Å².